The second-order valence-corrected chi connectivity index (χ2v) is 5.00. The molecule has 1 aromatic rings. The summed E-state index contributed by atoms with van der Waals surface area (Å²) in [6.07, 6.45) is 2.24. The van der Waals surface area contributed by atoms with Gasteiger partial charge in [-0.15, -0.1) is 6.58 Å². The average molecular weight is 273 g/mol. The zero-order valence-corrected chi connectivity index (χ0v) is 11.8. The Morgan fingerprint density at radius 2 is 2.10 bits per heavy atom. The van der Waals surface area contributed by atoms with Crippen LogP contribution < -0.4 is 10.1 Å². The number of amides is 2. The van der Waals surface area contributed by atoms with E-state index in [2.05, 4.69) is 11.9 Å². The molecule has 1 unspecified atom stereocenters. The molecule has 0 radical (unpaired) electrons. The summed E-state index contributed by atoms with van der Waals surface area (Å²) in [6.45, 7) is 5.98. The minimum atomic E-state index is -0.667. The van der Waals surface area contributed by atoms with Crippen LogP contribution in [0.15, 0.2) is 36.9 Å². The van der Waals surface area contributed by atoms with Crippen molar-refractivity contribution in [3.63, 3.8) is 0 Å². The number of hydrogen-bond donors (Lipinski definition) is 2. The lowest BCUT2D eigenvalue weighted by Gasteiger charge is -2.32. The van der Waals surface area contributed by atoms with Gasteiger partial charge in [0.1, 0.15) is 17.1 Å². The molecule has 1 aliphatic heterocycles. The second-order valence-electron chi connectivity index (χ2n) is 5.00. The summed E-state index contributed by atoms with van der Waals surface area (Å²) in [5.41, 5.74) is 0.378. The summed E-state index contributed by atoms with van der Waals surface area (Å²) in [6, 6.07) is 7.42. The Morgan fingerprint density at radius 1 is 1.45 bits per heavy atom. The highest BCUT2D eigenvalue weighted by atomic mass is 16.5. The van der Waals surface area contributed by atoms with Crippen LogP contribution in [-0.2, 0) is 6.42 Å². The number of ether oxygens (including phenoxy) is 1. The topological polar surface area (TPSA) is 65.4 Å². The van der Waals surface area contributed by atoms with E-state index in [0.29, 0.717) is 13.0 Å². The summed E-state index contributed by atoms with van der Waals surface area (Å²) in [5.74, 6) is 1.01. The second kappa shape index (κ2) is 5.36. The molecule has 0 saturated carbocycles. The fourth-order valence-corrected chi connectivity index (χ4v) is 2.41. The van der Waals surface area contributed by atoms with Crippen molar-refractivity contribution in [3.05, 3.63) is 42.5 Å². The van der Waals surface area contributed by atoms with Gasteiger partial charge in [0.15, 0.2) is 0 Å². The highest BCUT2D eigenvalue weighted by Crippen LogP contribution is 2.27. The molecule has 0 aromatic heterocycles. The fraction of sp³-hybridized carbons (Fsp3) is 0.333. The maximum atomic E-state index is 11.9. The van der Waals surface area contributed by atoms with Crippen molar-refractivity contribution in [1.29, 1.82) is 5.41 Å². The number of amidine groups is 1. The molecule has 106 valence electrons. The Balaban J connectivity index is 2.25. The Morgan fingerprint density at radius 3 is 2.65 bits per heavy atom. The van der Waals surface area contributed by atoms with Gasteiger partial charge < -0.3 is 9.64 Å². The first-order valence-electron chi connectivity index (χ1n) is 6.42. The van der Waals surface area contributed by atoms with Crippen LogP contribution >= 0.6 is 0 Å². The van der Waals surface area contributed by atoms with E-state index in [0.717, 1.165) is 11.3 Å². The van der Waals surface area contributed by atoms with Gasteiger partial charge >= 0.3 is 6.03 Å². The Kier molecular flexibility index (Phi) is 3.79. The molecule has 2 amide bonds. The number of nitrogens with zero attached hydrogens (tertiary/aromatic N) is 1. The van der Waals surface area contributed by atoms with Crippen LogP contribution in [0, 0.1) is 5.41 Å². The van der Waals surface area contributed by atoms with Gasteiger partial charge in [-0.25, -0.2) is 4.79 Å². The first-order chi connectivity index (χ1) is 9.51. The summed E-state index contributed by atoms with van der Waals surface area (Å²) in [7, 11) is 1.62. The molecule has 0 bridgehead atoms. The van der Waals surface area contributed by atoms with Crippen molar-refractivity contribution in [1.82, 2.24) is 10.2 Å². The SMILES string of the molecule is C=CCN1C(=O)NC(=N)C1(C)Cc1ccc(OC)cc1. The van der Waals surface area contributed by atoms with Crippen LogP contribution in [0.2, 0.25) is 0 Å². The molecule has 1 aromatic carbocycles. The van der Waals surface area contributed by atoms with Crippen molar-refractivity contribution in [2.75, 3.05) is 13.7 Å². The van der Waals surface area contributed by atoms with Gasteiger partial charge in [-0.05, 0) is 24.6 Å². The standard InChI is InChI=1S/C15H19N3O2/c1-4-9-18-14(19)17-13(16)15(18,2)10-11-5-7-12(20-3)8-6-11/h4-8H,1,9-10H2,2-3H3,(H2,16,17,19). The molecule has 1 saturated heterocycles. The first kappa shape index (κ1) is 14.1. The van der Waals surface area contributed by atoms with Crippen LogP contribution in [-0.4, -0.2) is 36.0 Å². The van der Waals surface area contributed by atoms with E-state index in [4.69, 9.17) is 10.1 Å². The van der Waals surface area contributed by atoms with E-state index in [1.54, 1.807) is 18.1 Å². The van der Waals surface area contributed by atoms with Crippen LogP contribution in [0.25, 0.3) is 0 Å². The smallest absolute Gasteiger partial charge is 0.323 e. The van der Waals surface area contributed by atoms with Crippen molar-refractivity contribution >= 4 is 11.9 Å². The summed E-state index contributed by atoms with van der Waals surface area (Å²) in [5, 5.41) is 10.6. The number of hydrogen-bond acceptors (Lipinski definition) is 3. The maximum Gasteiger partial charge on any atom is 0.323 e. The van der Waals surface area contributed by atoms with E-state index < -0.39 is 5.54 Å². The lowest BCUT2D eigenvalue weighted by atomic mass is 9.91. The number of carbonyl (C=O) groups is 1. The van der Waals surface area contributed by atoms with E-state index in [-0.39, 0.29) is 11.9 Å². The van der Waals surface area contributed by atoms with E-state index in [1.807, 2.05) is 31.2 Å². The Labute approximate surface area is 118 Å². The zero-order chi connectivity index (χ0) is 14.8. The van der Waals surface area contributed by atoms with Gasteiger partial charge in [0, 0.05) is 13.0 Å². The fourth-order valence-electron chi connectivity index (χ4n) is 2.41. The highest BCUT2D eigenvalue weighted by Gasteiger charge is 2.45. The lowest BCUT2D eigenvalue weighted by Crippen LogP contribution is -2.48. The molecule has 1 aliphatic rings. The van der Waals surface area contributed by atoms with Crippen molar-refractivity contribution in [3.8, 4) is 5.75 Å². The van der Waals surface area contributed by atoms with Gasteiger partial charge in [0.05, 0.1) is 7.11 Å². The zero-order valence-electron chi connectivity index (χ0n) is 11.8. The van der Waals surface area contributed by atoms with E-state index in [1.165, 1.54) is 0 Å². The monoisotopic (exact) mass is 273 g/mol. The number of carbonyl (C=O) groups excluding carboxylic acids is 1. The normalized spacial score (nSPS) is 21.8. The molecular formula is C15H19N3O2. The van der Waals surface area contributed by atoms with Gasteiger partial charge in [-0.3, -0.25) is 10.7 Å². The third kappa shape index (κ3) is 2.39. The minimum absolute atomic E-state index is 0.222. The molecular weight excluding hydrogens is 254 g/mol. The van der Waals surface area contributed by atoms with Gasteiger partial charge in [-0.1, -0.05) is 18.2 Å². The largest absolute Gasteiger partial charge is 0.497 e. The van der Waals surface area contributed by atoms with Crippen molar-refractivity contribution in [2.24, 2.45) is 0 Å². The Hall–Kier alpha value is -2.30. The molecule has 1 fully saturated rings. The van der Waals surface area contributed by atoms with Gasteiger partial charge in [0.2, 0.25) is 0 Å². The minimum Gasteiger partial charge on any atom is -0.497 e. The predicted molar refractivity (Wildman–Crippen MR) is 78.3 cm³/mol. The summed E-state index contributed by atoms with van der Waals surface area (Å²) >= 11 is 0. The van der Waals surface area contributed by atoms with E-state index in [9.17, 15) is 4.79 Å². The molecule has 1 heterocycles. The molecule has 5 heteroatoms. The summed E-state index contributed by atoms with van der Waals surface area (Å²) < 4.78 is 5.13. The maximum absolute atomic E-state index is 11.9. The number of rotatable bonds is 5. The third-order valence-corrected chi connectivity index (χ3v) is 3.63. The average Bonchev–Trinajstić information content (AvgIpc) is 2.64. The van der Waals surface area contributed by atoms with Crippen LogP contribution in [0.5, 0.6) is 5.75 Å². The molecule has 1 atom stereocenters. The first-order valence-corrected chi connectivity index (χ1v) is 6.42. The highest BCUT2D eigenvalue weighted by molar-refractivity contribution is 6.08. The number of nitrogens with one attached hydrogen (secondary N) is 2. The summed E-state index contributed by atoms with van der Waals surface area (Å²) in [4.78, 5) is 13.5. The predicted octanol–water partition coefficient (Wildman–Crippen LogP) is 2.18. The van der Waals surface area contributed by atoms with Crippen LogP contribution in [0.3, 0.4) is 0 Å². The molecule has 5 nitrogen and oxygen atoms in total. The lowest BCUT2D eigenvalue weighted by molar-refractivity contribution is 0.188. The molecule has 2 N–H and O–H groups in total. The third-order valence-electron chi connectivity index (χ3n) is 3.63. The van der Waals surface area contributed by atoms with Gasteiger partial charge in [-0.2, -0.15) is 0 Å². The van der Waals surface area contributed by atoms with Gasteiger partial charge in [0.25, 0.3) is 0 Å². The molecule has 2 rings (SSSR count). The van der Waals surface area contributed by atoms with E-state index >= 15 is 0 Å². The number of urea groups is 1. The van der Waals surface area contributed by atoms with Crippen molar-refractivity contribution < 1.29 is 9.53 Å². The molecule has 0 aliphatic carbocycles. The quantitative estimate of drug-likeness (QED) is 0.808. The molecule has 20 heavy (non-hydrogen) atoms. The number of methoxy groups -OCH3 is 1. The van der Waals surface area contributed by atoms with Crippen LogP contribution in [0.4, 0.5) is 4.79 Å². The van der Waals surface area contributed by atoms with Crippen LogP contribution in [0.1, 0.15) is 12.5 Å². The van der Waals surface area contributed by atoms with Crippen molar-refractivity contribution in [2.45, 2.75) is 18.9 Å². The number of benzene rings is 1. The Bertz CT molecular complexity index is 539. The molecule has 0 spiro atoms.